The lowest BCUT2D eigenvalue weighted by Crippen LogP contribution is -2.36. The Morgan fingerprint density at radius 3 is 2.70 bits per heavy atom. The summed E-state index contributed by atoms with van der Waals surface area (Å²) in [5.74, 6) is -0.0353. The average molecular weight is 343 g/mol. The first-order chi connectivity index (χ1) is 10.4. The molecule has 0 fully saturated rings. The number of hydrogen-bond donors (Lipinski definition) is 2. The number of nitrogens with zero attached hydrogens (tertiary/aromatic N) is 4. The van der Waals surface area contributed by atoms with Gasteiger partial charge in [0.2, 0.25) is 5.91 Å². The highest BCUT2D eigenvalue weighted by atomic mass is 35.5. The van der Waals surface area contributed by atoms with E-state index in [1.807, 2.05) is 13.8 Å². The van der Waals surface area contributed by atoms with Crippen molar-refractivity contribution < 1.29 is 9.18 Å². The van der Waals surface area contributed by atoms with Crippen molar-refractivity contribution in [3.63, 3.8) is 0 Å². The number of tetrazole rings is 1. The maximum absolute atomic E-state index is 13.9. The van der Waals surface area contributed by atoms with Crippen molar-refractivity contribution in [1.29, 1.82) is 0 Å². The van der Waals surface area contributed by atoms with Gasteiger partial charge in [-0.1, -0.05) is 13.8 Å². The molecule has 0 aliphatic rings. The fourth-order valence-electron chi connectivity index (χ4n) is 2.06. The number of amides is 1. The van der Waals surface area contributed by atoms with E-state index in [0.717, 1.165) is 0 Å². The van der Waals surface area contributed by atoms with E-state index >= 15 is 0 Å². The quantitative estimate of drug-likeness (QED) is 0.863. The number of nitrogens with two attached hydrogens (primary N) is 1. The zero-order chi connectivity index (χ0) is 16.3. The normalized spacial score (nSPS) is 11.9. The van der Waals surface area contributed by atoms with Crippen molar-refractivity contribution in [2.75, 3.05) is 5.32 Å². The van der Waals surface area contributed by atoms with Crippen LogP contribution in [0.2, 0.25) is 0 Å². The monoisotopic (exact) mass is 342 g/mol. The predicted molar refractivity (Wildman–Crippen MR) is 87.2 cm³/mol. The molecule has 0 bridgehead atoms. The number of halogens is 2. The van der Waals surface area contributed by atoms with Crippen LogP contribution < -0.4 is 11.1 Å². The van der Waals surface area contributed by atoms with Gasteiger partial charge in [-0.05, 0) is 47.9 Å². The standard InChI is InChI=1S/C14H19FN6O.ClH/c1-8(2)6-12(16)14(22)17-10-4-5-11(15)13(7-10)21-9(3)18-19-20-21;/h4-5,7-8,12H,6,16H2,1-3H3,(H,17,22);1H/t12-;/m0./s1. The van der Waals surface area contributed by atoms with Gasteiger partial charge in [0, 0.05) is 5.69 Å². The Morgan fingerprint density at radius 2 is 2.13 bits per heavy atom. The third-order valence-electron chi connectivity index (χ3n) is 3.13. The first-order valence-corrected chi connectivity index (χ1v) is 7.00. The van der Waals surface area contributed by atoms with Gasteiger partial charge >= 0.3 is 0 Å². The Kier molecular flexibility index (Phi) is 6.59. The van der Waals surface area contributed by atoms with E-state index in [1.165, 1.54) is 22.9 Å². The van der Waals surface area contributed by atoms with E-state index in [9.17, 15) is 9.18 Å². The van der Waals surface area contributed by atoms with Crippen LogP contribution >= 0.6 is 12.4 Å². The summed E-state index contributed by atoms with van der Waals surface area (Å²) in [5, 5.41) is 13.6. The topological polar surface area (TPSA) is 98.7 Å². The lowest BCUT2D eigenvalue weighted by molar-refractivity contribution is -0.117. The van der Waals surface area contributed by atoms with E-state index in [-0.39, 0.29) is 24.0 Å². The van der Waals surface area contributed by atoms with Gasteiger partial charge in [-0.3, -0.25) is 4.79 Å². The van der Waals surface area contributed by atoms with Crippen LogP contribution in [0.5, 0.6) is 0 Å². The zero-order valence-electron chi connectivity index (χ0n) is 13.2. The molecular formula is C14H20ClFN6O. The summed E-state index contributed by atoms with van der Waals surface area (Å²) in [6.45, 7) is 5.64. The van der Waals surface area contributed by atoms with Crippen LogP contribution in [0.25, 0.3) is 5.69 Å². The minimum Gasteiger partial charge on any atom is -0.325 e. The molecule has 1 amide bonds. The summed E-state index contributed by atoms with van der Waals surface area (Å²) in [5.41, 5.74) is 6.43. The molecule has 0 unspecified atom stereocenters. The molecule has 0 saturated carbocycles. The van der Waals surface area contributed by atoms with Crippen molar-refractivity contribution in [1.82, 2.24) is 20.2 Å². The number of hydrogen-bond acceptors (Lipinski definition) is 5. The number of benzene rings is 1. The minimum atomic E-state index is -0.608. The lowest BCUT2D eigenvalue weighted by atomic mass is 10.0. The molecule has 3 N–H and O–H groups in total. The Morgan fingerprint density at radius 1 is 1.43 bits per heavy atom. The van der Waals surface area contributed by atoms with E-state index in [0.29, 0.717) is 23.9 Å². The summed E-state index contributed by atoms with van der Waals surface area (Å²) in [7, 11) is 0. The third-order valence-corrected chi connectivity index (χ3v) is 3.13. The largest absolute Gasteiger partial charge is 0.325 e. The Balaban J connectivity index is 0.00000264. The van der Waals surface area contributed by atoms with Gasteiger partial charge in [-0.25, -0.2) is 4.39 Å². The highest BCUT2D eigenvalue weighted by molar-refractivity contribution is 5.94. The highest BCUT2D eigenvalue weighted by Gasteiger charge is 2.16. The SMILES string of the molecule is Cc1nnnn1-c1cc(NC(=O)[C@@H](N)CC(C)C)ccc1F.Cl. The maximum atomic E-state index is 13.9. The van der Waals surface area contributed by atoms with E-state index in [4.69, 9.17) is 5.73 Å². The third kappa shape index (κ3) is 4.70. The second-order valence-corrected chi connectivity index (χ2v) is 5.53. The van der Waals surface area contributed by atoms with Gasteiger partial charge in [0.05, 0.1) is 6.04 Å². The first-order valence-electron chi connectivity index (χ1n) is 7.00. The zero-order valence-corrected chi connectivity index (χ0v) is 14.0. The molecule has 23 heavy (non-hydrogen) atoms. The first kappa shape index (κ1) is 19.0. The van der Waals surface area contributed by atoms with Crippen LogP contribution in [-0.4, -0.2) is 32.2 Å². The molecule has 1 atom stereocenters. The van der Waals surface area contributed by atoms with Gasteiger partial charge in [-0.2, -0.15) is 4.68 Å². The van der Waals surface area contributed by atoms with Crippen LogP contribution in [0.3, 0.4) is 0 Å². The van der Waals surface area contributed by atoms with Gasteiger partial charge in [0.1, 0.15) is 11.5 Å². The van der Waals surface area contributed by atoms with Crippen LogP contribution in [0.4, 0.5) is 10.1 Å². The second kappa shape index (κ2) is 7.98. The molecule has 1 aromatic heterocycles. The number of carbonyl (C=O) groups is 1. The number of carbonyl (C=O) groups excluding carboxylic acids is 1. The average Bonchev–Trinajstić information content (AvgIpc) is 2.86. The van der Waals surface area contributed by atoms with Crippen molar-refractivity contribution in [2.24, 2.45) is 11.7 Å². The highest BCUT2D eigenvalue weighted by Crippen LogP contribution is 2.19. The number of anilines is 1. The summed E-state index contributed by atoms with van der Waals surface area (Å²) in [6.07, 6.45) is 0.575. The molecule has 1 heterocycles. The van der Waals surface area contributed by atoms with Gasteiger partial charge in [0.25, 0.3) is 0 Å². The molecule has 126 valence electrons. The Labute approximate surface area is 139 Å². The predicted octanol–water partition coefficient (Wildman–Crippen LogP) is 1.84. The molecule has 0 aliphatic heterocycles. The minimum absolute atomic E-state index is 0. The van der Waals surface area contributed by atoms with Crippen molar-refractivity contribution >= 4 is 24.0 Å². The molecule has 1 aromatic carbocycles. The number of aromatic nitrogens is 4. The second-order valence-electron chi connectivity index (χ2n) is 5.53. The van der Waals surface area contributed by atoms with E-state index in [2.05, 4.69) is 20.8 Å². The summed E-state index contributed by atoms with van der Waals surface area (Å²) < 4.78 is 15.2. The van der Waals surface area contributed by atoms with Gasteiger partial charge in [-0.15, -0.1) is 17.5 Å². The Hall–Kier alpha value is -2.06. The molecule has 0 aliphatic carbocycles. The van der Waals surface area contributed by atoms with Gasteiger partial charge in [0.15, 0.2) is 5.82 Å². The molecular weight excluding hydrogens is 323 g/mol. The van der Waals surface area contributed by atoms with Crippen LogP contribution in [0.15, 0.2) is 18.2 Å². The summed E-state index contributed by atoms with van der Waals surface area (Å²) in [6, 6.07) is 3.58. The summed E-state index contributed by atoms with van der Waals surface area (Å²) in [4.78, 5) is 12.0. The van der Waals surface area contributed by atoms with Crippen LogP contribution in [-0.2, 0) is 4.79 Å². The molecule has 0 saturated heterocycles. The summed E-state index contributed by atoms with van der Waals surface area (Å²) >= 11 is 0. The Bertz CT molecular complexity index is 675. The fraction of sp³-hybridized carbons (Fsp3) is 0.429. The number of aryl methyl sites for hydroxylation is 1. The van der Waals surface area contributed by atoms with E-state index in [1.54, 1.807) is 6.92 Å². The van der Waals surface area contributed by atoms with E-state index < -0.39 is 11.9 Å². The molecule has 0 radical (unpaired) electrons. The maximum Gasteiger partial charge on any atom is 0.241 e. The number of nitrogens with one attached hydrogen (secondary N) is 1. The van der Waals surface area contributed by atoms with Crippen LogP contribution in [0.1, 0.15) is 26.1 Å². The fourth-order valence-corrected chi connectivity index (χ4v) is 2.06. The molecule has 2 aromatic rings. The van der Waals surface area contributed by atoms with Crippen molar-refractivity contribution in [3.05, 3.63) is 29.8 Å². The molecule has 0 spiro atoms. The smallest absolute Gasteiger partial charge is 0.241 e. The van der Waals surface area contributed by atoms with Crippen LogP contribution in [0, 0.1) is 18.7 Å². The molecule has 9 heteroatoms. The van der Waals surface area contributed by atoms with Crippen molar-refractivity contribution in [3.8, 4) is 5.69 Å². The molecule has 2 rings (SSSR count). The van der Waals surface area contributed by atoms with Gasteiger partial charge < -0.3 is 11.1 Å². The number of rotatable bonds is 5. The van der Waals surface area contributed by atoms with Crippen molar-refractivity contribution in [2.45, 2.75) is 33.2 Å². The molecule has 7 nitrogen and oxygen atoms in total. The lowest BCUT2D eigenvalue weighted by Gasteiger charge is -2.15.